The number of rotatable bonds is 1. The maximum absolute atomic E-state index is 10.5. The smallest absolute Gasteiger partial charge is 0.0921 e. The molecule has 1 N–H and O–H groups in total. The van der Waals surface area contributed by atoms with Crippen LogP contribution in [0.4, 0.5) is 0 Å². The summed E-state index contributed by atoms with van der Waals surface area (Å²) in [5, 5.41) is 10.5. The van der Waals surface area contributed by atoms with E-state index in [9.17, 15) is 5.11 Å². The largest absolute Gasteiger partial charge is 0.385 e. The van der Waals surface area contributed by atoms with Crippen LogP contribution in [0.2, 0.25) is 0 Å². The van der Waals surface area contributed by atoms with Gasteiger partial charge in [-0.25, -0.2) is 0 Å². The number of aliphatic hydroxyl groups is 1. The van der Waals surface area contributed by atoms with Gasteiger partial charge in [0.25, 0.3) is 0 Å². The average Bonchev–Trinajstić information content (AvgIpc) is 2.49. The van der Waals surface area contributed by atoms with Gasteiger partial charge in [-0.05, 0) is 37.7 Å². The van der Waals surface area contributed by atoms with Crippen LogP contribution >= 0.6 is 0 Å². The normalized spacial score (nSPS) is 32.1. The molecular formula is C13H18O. The molecule has 0 aliphatic heterocycles. The maximum atomic E-state index is 10.5. The van der Waals surface area contributed by atoms with Crippen molar-refractivity contribution in [1.29, 1.82) is 0 Å². The first-order valence-corrected chi connectivity index (χ1v) is 5.42. The Bertz CT molecular complexity index is 315. The van der Waals surface area contributed by atoms with Gasteiger partial charge in [-0.1, -0.05) is 36.8 Å². The molecule has 2 rings (SSSR count). The van der Waals surface area contributed by atoms with E-state index < -0.39 is 5.60 Å². The van der Waals surface area contributed by atoms with Crippen LogP contribution in [0, 0.1) is 12.8 Å². The molecule has 0 saturated heterocycles. The van der Waals surface area contributed by atoms with E-state index in [1.807, 2.05) is 0 Å². The second-order valence-corrected chi connectivity index (χ2v) is 4.58. The summed E-state index contributed by atoms with van der Waals surface area (Å²) in [5.74, 6) is 0.394. The third kappa shape index (κ3) is 1.46. The molecule has 0 unspecified atom stereocenters. The van der Waals surface area contributed by atoms with E-state index >= 15 is 0 Å². The molecule has 1 fully saturated rings. The van der Waals surface area contributed by atoms with Crippen molar-refractivity contribution in [2.45, 2.75) is 38.7 Å². The van der Waals surface area contributed by atoms with Crippen molar-refractivity contribution in [3.63, 3.8) is 0 Å². The molecule has 1 aromatic rings. The van der Waals surface area contributed by atoms with E-state index in [4.69, 9.17) is 0 Å². The lowest BCUT2D eigenvalue weighted by Crippen LogP contribution is -2.28. The lowest BCUT2D eigenvalue weighted by molar-refractivity contribution is 0.00448. The van der Waals surface area contributed by atoms with Gasteiger partial charge in [0.15, 0.2) is 0 Å². The molecule has 1 saturated carbocycles. The molecular weight excluding hydrogens is 172 g/mol. The summed E-state index contributed by atoms with van der Waals surface area (Å²) in [6.07, 6.45) is 3.20. The highest BCUT2D eigenvalue weighted by molar-refractivity contribution is 5.27. The number of aryl methyl sites for hydroxylation is 1. The molecule has 0 amide bonds. The Kier molecular flexibility index (Phi) is 2.36. The van der Waals surface area contributed by atoms with Gasteiger partial charge in [0.1, 0.15) is 0 Å². The topological polar surface area (TPSA) is 20.2 Å². The van der Waals surface area contributed by atoms with Crippen molar-refractivity contribution in [3.8, 4) is 0 Å². The number of benzene rings is 1. The minimum Gasteiger partial charge on any atom is -0.385 e. The summed E-state index contributed by atoms with van der Waals surface area (Å²) in [6, 6.07) is 8.30. The van der Waals surface area contributed by atoms with Gasteiger partial charge in [0.2, 0.25) is 0 Å². The third-order valence-corrected chi connectivity index (χ3v) is 3.56. The van der Waals surface area contributed by atoms with E-state index in [2.05, 4.69) is 38.1 Å². The Hall–Kier alpha value is -0.820. The summed E-state index contributed by atoms with van der Waals surface area (Å²) in [7, 11) is 0. The van der Waals surface area contributed by atoms with Crippen molar-refractivity contribution in [1.82, 2.24) is 0 Å². The van der Waals surface area contributed by atoms with Crippen molar-refractivity contribution in [2.75, 3.05) is 0 Å². The highest BCUT2D eigenvalue weighted by atomic mass is 16.3. The monoisotopic (exact) mass is 190 g/mol. The minimum atomic E-state index is -0.562. The van der Waals surface area contributed by atoms with Crippen LogP contribution in [0.15, 0.2) is 24.3 Å². The Balaban J connectivity index is 2.34. The third-order valence-electron chi connectivity index (χ3n) is 3.56. The molecule has 76 valence electrons. The van der Waals surface area contributed by atoms with E-state index in [0.717, 1.165) is 24.8 Å². The minimum absolute atomic E-state index is 0.394. The second kappa shape index (κ2) is 3.39. The highest BCUT2D eigenvalue weighted by Crippen LogP contribution is 2.43. The van der Waals surface area contributed by atoms with Crippen LogP contribution in [0.5, 0.6) is 0 Å². The van der Waals surface area contributed by atoms with E-state index in [0.29, 0.717) is 5.92 Å². The summed E-state index contributed by atoms with van der Waals surface area (Å²) in [5.41, 5.74) is 1.78. The average molecular weight is 190 g/mol. The summed E-state index contributed by atoms with van der Waals surface area (Å²) in [6.45, 7) is 4.22. The fourth-order valence-corrected chi connectivity index (χ4v) is 2.43. The molecule has 0 spiro atoms. The van der Waals surface area contributed by atoms with E-state index in [-0.39, 0.29) is 0 Å². The zero-order chi connectivity index (χ0) is 10.2. The van der Waals surface area contributed by atoms with Gasteiger partial charge < -0.3 is 5.11 Å². The molecule has 1 nitrogen and oxygen atoms in total. The molecule has 1 aliphatic rings. The lowest BCUT2D eigenvalue weighted by atomic mass is 9.85. The van der Waals surface area contributed by atoms with Gasteiger partial charge in [-0.15, -0.1) is 0 Å². The molecule has 1 aliphatic carbocycles. The molecule has 0 bridgehead atoms. The van der Waals surface area contributed by atoms with Crippen molar-refractivity contribution < 1.29 is 5.11 Å². The zero-order valence-electron chi connectivity index (χ0n) is 8.96. The fraction of sp³-hybridized carbons (Fsp3) is 0.538. The molecule has 1 heteroatoms. The highest BCUT2D eigenvalue weighted by Gasteiger charge is 2.39. The van der Waals surface area contributed by atoms with Gasteiger partial charge in [0.05, 0.1) is 5.60 Å². The van der Waals surface area contributed by atoms with Crippen LogP contribution in [0.3, 0.4) is 0 Å². The van der Waals surface area contributed by atoms with Gasteiger partial charge >= 0.3 is 0 Å². The van der Waals surface area contributed by atoms with Crippen LogP contribution < -0.4 is 0 Å². The van der Waals surface area contributed by atoms with Crippen LogP contribution in [0.1, 0.15) is 37.3 Å². The zero-order valence-corrected chi connectivity index (χ0v) is 8.96. The molecule has 14 heavy (non-hydrogen) atoms. The molecule has 0 radical (unpaired) electrons. The van der Waals surface area contributed by atoms with Crippen LogP contribution in [-0.4, -0.2) is 5.11 Å². The lowest BCUT2D eigenvalue weighted by Gasteiger charge is -2.28. The first-order valence-electron chi connectivity index (χ1n) is 5.42. The molecule has 0 aromatic heterocycles. The molecule has 0 heterocycles. The van der Waals surface area contributed by atoms with Crippen molar-refractivity contribution in [2.24, 2.45) is 5.92 Å². The fourth-order valence-electron chi connectivity index (χ4n) is 2.43. The first kappa shape index (κ1) is 9.72. The van der Waals surface area contributed by atoms with Crippen LogP contribution in [-0.2, 0) is 5.60 Å². The van der Waals surface area contributed by atoms with E-state index in [1.165, 1.54) is 5.56 Å². The maximum Gasteiger partial charge on any atom is 0.0921 e. The van der Waals surface area contributed by atoms with Crippen molar-refractivity contribution in [3.05, 3.63) is 35.4 Å². The molecule has 2 atom stereocenters. The van der Waals surface area contributed by atoms with E-state index in [1.54, 1.807) is 0 Å². The Morgan fingerprint density at radius 1 is 1.29 bits per heavy atom. The first-order chi connectivity index (χ1) is 6.63. The van der Waals surface area contributed by atoms with Gasteiger partial charge in [0, 0.05) is 0 Å². The summed E-state index contributed by atoms with van der Waals surface area (Å²) >= 11 is 0. The number of hydrogen-bond donors (Lipinski definition) is 1. The Morgan fingerprint density at radius 3 is 2.43 bits per heavy atom. The number of hydrogen-bond acceptors (Lipinski definition) is 1. The summed E-state index contributed by atoms with van der Waals surface area (Å²) < 4.78 is 0. The second-order valence-electron chi connectivity index (χ2n) is 4.58. The predicted molar refractivity (Wildman–Crippen MR) is 58.1 cm³/mol. The van der Waals surface area contributed by atoms with Gasteiger partial charge in [-0.2, -0.15) is 0 Å². The molecule has 1 aromatic carbocycles. The quantitative estimate of drug-likeness (QED) is 0.721. The Morgan fingerprint density at radius 2 is 1.93 bits per heavy atom. The Labute approximate surface area is 85.8 Å². The predicted octanol–water partition coefficient (Wildman–Crippen LogP) is 3.00. The van der Waals surface area contributed by atoms with Gasteiger partial charge in [-0.3, -0.25) is 0 Å². The summed E-state index contributed by atoms with van der Waals surface area (Å²) in [4.78, 5) is 0. The standard InChI is InChI=1S/C13H18O/c1-10-5-7-12(8-6-10)13(14)9-3-4-11(13)2/h5-8,11,14H,3-4,9H2,1-2H3/t11-,13+/m0/s1. The van der Waals surface area contributed by atoms with Crippen LogP contribution in [0.25, 0.3) is 0 Å². The van der Waals surface area contributed by atoms with Crippen molar-refractivity contribution >= 4 is 0 Å². The SMILES string of the molecule is Cc1ccc([C@@]2(O)CCC[C@@H]2C)cc1.